The summed E-state index contributed by atoms with van der Waals surface area (Å²) in [5.41, 5.74) is 0.722. The highest BCUT2D eigenvalue weighted by Crippen LogP contribution is 2.32. The molecule has 4 heteroatoms. The molecule has 0 unspecified atom stereocenters. The van der Waals surface area contributed by atoms with Crippen molar-refractivity contribution in [2.45, 2.75) is 52.1 Å². The van der Waals surface area contributed by atoms with Gasteiger partial charge in [0.15, 0.2) is 11.6 Å². The second-order valence-electron chi connectivity index (χ2n) is 5.21. The lowest BCUT2D eigenvalue weighted by Gasteiger charge is -2.24. The summed E-state index contributed by atoms with van der Waals surface area (Å²) in [6.45, 7) is 6.62. The average Bonchev–Trinajstić information content (AvgIpc) is 3.23. The van der Waals surface area contributed by atoms with Gasteiger partial charge in [0.1, 0.15) is 0 Å². The molecule has 0 amide bonds. The predicted octanol–water partition coefficient (Wildman–Crippen LogP) is 3.10. The van der Waals surface area contributed by atoms with E-state index in [1.165, 1.54) is 12.8 Å². The molecular weight excluding hydrogens is 241 g/mol. The number of hydrogen-bond acceptors (Lipinski definition) is 3. The molecule has 3 nitrogen and oxygen atoms in total. The van der Waals surface area contributed by atoms with Gasteiger partial charge in [-0.05, 0) is 38.3 Å². The Balaban J connectivity index is 2.12. The van der Waals surface area contributed by atoms with Gasteiger partial charge in [-0.25, -0.2) is 9.37 Å². The number of aromatic nitrogens is 1. The molecule has 1 aromatic rings. The molecule has 0 spiro atoms. The molecular formula is C15H24FN3. The van der Waals surface area contributed by atoms with E-state index < -0.39 is 0 Å². The first kappa shape index (κ1) is 14.3. The quantitative estimate of drug-likeness (QED) is 0.732. The van der Waals surface area contributed by atoms with Crippen LogP contribution in [-0.2, 0) is 6.54 Å². The van der Waals surface area contributed by atoms with E-state index in [0.717, 1.165) is 31.5 Å². The topological polar surface area (TPSA) is 28.2 Å². The summed E-state index contributed by atoms with van der Waals surface area (Å²) in [6.07, 6.45) is 6.14. The number of halogens is 1. The van der Waals surface area contributed by atoms with Crippen LogP contribution in [0.3, 0.4) is 0 Å². The van der Waals surface area contributed by atoms with Crippen molar-refractivity contribution in [2.75, 3.05) is 18.0 Å². The molecule has 1 saturated carbocycles. The van der Waals surface area contributed by atoms with E-state index in [1.807, 2.05) is 0 Å². The van der Waals surface area contributed by atoms with E-state index in [4.69, 9.17) is 0 Å². The molecule has 0 bridgehead atoms. The number of anilines is 1. The molecule has 1 aliphatic carbocycles. The van der Waals surface area contributed by atoms with Gasteiger partial charge in [0.2, 0.25) is 0 Å². The average molecular weight is 265 g/mol. The Bertz CT molecular complexity index is 404. The van der Waals surface area contributed by atoms with Gasteiger partial charge < -0.3 is 10.2 Å². The van der Waals surface area contributed by atoms with E-state index in [9.17, 15) is 4.39 Å². The van der Waals surface area contributed by atoms with Crippen LogP contribution in [0, 0.1) is 5.82 Å². The smallest absolute Gasteiger partial charge is 0.170 e. The fraction of sp³-hybridized carbons (Fsp3) is 0.667. The summed E-state index contributed by atoms with van der Waals surface area (Å²) in [5.74, 6) is 0.395. The Labute approximate surface area is 115 Å². The molecule has 0 atom stereocenters. The zero-order valence-corrected chi connectivity index (χ0v) is 12.0. The minimum atomic E-state index is -0.147. The number of nitrogens with one attached hydrogen (secondary N) is 1. The number of pyridine rings is 1. The Kier molecular flexibility index (Phi) is 5.14. The highest BCUT2D eigenvalue weighted by Gasteiger charge is 2.31. The summed E-state index contributed by atoms with van der Waals surface area (Å²) < 4.78 is 14.5. The Hall–Kier alpha value is -1.16. The monoisotopic (exact) mass is 265 g/mol. The van der Waals surface area contributed by atoms with Gasteiger partial charge in [-0.2, -0.15) is 0 Å². The fourth-order valence-corrected chi connectivity index (χ4v) is 2.30. The van der Waals surface area contributed by atoms with Crippen LogP contribution < -0.4 is 10.2 Å². The van der Waals surface area contributed by atoms with E-state index in [1.54, 1.807) is 12.3 Å². The highest BCUT2D eigenvalue weighted by atomic mass is 19.1. The van der Waals surface area contributed by atoms with E-state index in [0.29, 0.717) is 18.4 Å². The predicted molar refractivity (Wildman–Crippen MR) is 76.9 cm³/mol. The van der Waals surface area contributed by atoms with Gasteiger partial charge in [-0.15, -0.1) is 0 Å². The lowest BCUT2D eigenvalue weighted by atomic mass is 10.2. The Morgan fingerprint density at radius 3 is 2.79 bits per heavy atom. The van der Waals surface area contributed by atoms with Crippen molar-refractivity contribution in [3.05, 3.63) is 23.6 Å². The normalized spacial score (nSPS) is 14.7. The minimum Gasteiger partial charge on any atom is -0.351 e. The van der Waals surface area contributed by atoms with Gasteiger partial charge in [-0.1, -0.05) is 13.8 Å². The van der Waals surface area contributed by atoms with Crippen LogP contribution >= 0.6 is 0 Å². The summed E-state index contributed by atoms with van der Waals surface area (Å²) >= 11 is 0. The van der Waals surface area contributed by atoms with Crippen molar-refractivity contribution >= 4 is 5.82 Å². The Morgan fingerprint density at radius 1 is 1.37 bits per heavy atom. The van der Waals surface area contributed by atoms with Gasteiger partial charge in [0, 0.05) is 30.9 Å². The maximum absolute atomic E-state index is 14.5. The molecule has 1 aliphatic rings. The molecule has 106 valence electrons. The van der Waals surface area contributed by atoms with Crippen LogP contribution in [0.5, 0.6) is 0 Å². The van der Waals surface area contributed by atoms with Crippen molar-refractivity contribution in [1.29, 1.82) is 0 Å². The zero-order valence-electron chi connectivity index (χ0n) is 12.0. The number of nitrogens with zero attached hydrogens (tertiary/aromatic N) is 2. The van der Waals surface area contributed by atoms with Gasteiger partial charge in [-0.3, -0.25) is 0 Å². The fourth-order valence-electron chi connectivity index (χ4n) is 2.30. The standard InChI is InChI=1S/C15H24FN3/c1-3-8-17-11-12-7-9-18-15(14(12)16)19(10-4-2)13-5-6-13/h7,9,13,17H,3-6,8,10-11H2,1-2H3. The second kappa shape index (κ2) is 6.85. The molecule has 1 aromatic heterocycles. The summed E-state index contributed by atoms with van der Waals surface area (Å²) in [6, 6.07) is 2.28. The molecule has 0 radical (unpaired) electrons. The van der Waals surface area contributed by atoms with Gasteiger partial charge in [0.25, 0.3) is 0 Å². The first-order chi connectivity index (χ1) is 9.27. The lowest BCUT2D eigenvalue weighted by molar-refractivity contribution is 0.571. The van der Waals surface area contributed by atoms with Crippen molar-refractivity contribution < 1.29 is 4.39 Å². The van der Waals surface area contributed by atoms with Crippen molar-refractivity contribution in [3.8, 4) is 0 Å². The molecule has 0 saturated heterocycles. The number of hydrogen-bond donors (Lipinski definition) is 1. The largest absolute Gasteiger partial charge is 0.351 e. The van der Waals surface area contributed by atoms with Gasteiger partial charge >= 0.3 is 0 Å². The van der Waals surface area contributed by atoms with E-state index >= 15 is 0 Å². The minimum absolute atomic E-state index is 0.147. The van der Waals surface area contributed by atoms with Crippen molar-refractivity contribution in [3.63, 3.8) is 0 Å². The Morgan fingerprint density at radius 2 is 2.16 bits per heavy atom. The lowest BCUT2D eigenvalue weighted by Crippen LogP contribution is -2.29. The molecule has 1 heterocycles. The van der Waals surface area contributed by atoms with E-state index in [2.05, 4.69) is 29.0 Å². The number of rotatable bonds is 8. The van der Waals surface area contributed by atoms with Crippen molar-refractivity contribution in [2.24, 2.45) is 0 Å². The van der Waals surface area contributed by atoms with Crippen LogP contribution in [0.4, 0.5) is 10.2 Å². The second-order valence-corrected chi connectivity index (χ2v) is 5.21. The third-order valence-corrected chi connectivity index (χ3v) is 3.42. The summed E-state index contributed by atoms with van der Waals surface area (Å²) in [4.78, 5) is 6.41. The van der Waals surface area contributed by atoms with Crippen LogP contribution in [0.2, 0.25) is 0 Å². The first-order valence-corrected chi connectivity index (χ1v) is 7.38. The highest BCUT2D eigenvalue weighted by molar-refractivity contribution is 5.45. The SMILES string of the molecule is CCCNCc1ccnc(N(CCC)C2CC2)c1F. The zero-order chi connectivity index (χ0) is 13.7. The summed E-state index contributed by atoms with van der Waals surface area (Å²) in [5, 5.41) is 3.25. The maximum atomic E-state index is 14.5. The molecule has 1 fully saturated rings. The maximum Gasteiger partial charge on any atom is 0.170 e. The summed E-state index contributed by atoms with van der Waals surface area (Å²) in [7, 11) is 0. The van der Waals surface area contributed by atoms with Crippen LogP contribution in [0.1, 0.15) is 45.1 Å². The van der Waals surface area contributed by atoms with Crippen LogP contribution in [0.15, 0.2) is 12.3 Å². The molecule has 2 rings (SSSR count). The van der Waals surface area contributed by atoms with Crippen molar-refractivity contribution in [1.82, 2.24) is 10.3 Å². The molecule has 19 heavy (non-hydrogen) atoms. The van der Waals surface area contributed by atoms with E-state index in [-0.39, 0.29) is 5.82 Å². The molecule has 0 aromatic carbocycles. The first-order valence-electron chi connectivity index (χ1n) is 7.38. The third-order valence-electron chi connectivity index (χ3n) is 3.42. The van der Waals surface area contributed by atoms with Gasteiger partial charge in [0.05, 0.1) is 0 Å². The third kappa shape index (κ3) is 3.66. The van der Waals surface area contributed by atoms with Crippen LogP contribution in [-0.4, -0.2) is 24.1 Å². The van der Waals surface area contributed by atoms with Crippen LogP contribution in [0.25, 0.3) is 0 Å². The molecule has 0 aliphatic heterocycles. The molecule has 1 N–H and O–H groups in total.